The molecule has 0 aromatic rings. The van der Waals surface area contributed by atoms with Crippen LogP contribution in [0.1, 0.15) is 6.42 Å². The molecular formula is C10H20ClNO2. The smallest absolute Gasteiger partial charge is 0.0704 e. The third kappa shape index (κ3) is 6.38. The van der Waals surface area contributed by atoms with E-state index in [-0.39, 0.29) is 12.4 Å². The first-order valence-electron chi connectivity index (χ1n) is 4.90. The van der Waals surface area contributed by atoms with Crippen LogP contribution >= 0.6 is 12.4 Å². The summed E-state index contributed by atoms with van der Waals surface area (Å²) in [5, 5.41) is 3.31. The van der Waals surface area contributed by atoms with Crippen LogP contribution < -0.4 is 5.32 Å². The number of rotatable bonds is 7. The van der Waals surface area contributed by atoms with Crippen molar-refractivity contribution in [1.82, 2.24) is 5.32 Å². The van der Waals surface area contributed by atoms with E-state index in [4.69, 9.17) is 9.47 Å². The minimum atomic E-state index is 0. The van der Waals surface area contributed by atoms with E-state index in [0.29, 0.717) is 25.7 Å². The molecule has 1 fully saturated rings. The molecule has 0 aliphatic carbocycles. The van der Waals surface area contributed by atoms with Gasteiger partial charge in [0.2, 0.25) is 0 Å². The second-order valence-electron chi connectivity index (χ2n) is 3.30. The molecule has 1 rings (SSSR count). The molecule has 0 spiro atoms. The average Bonchev–Trinajstić information content (AvgIpc) is 2.63. The summed E-state index contributed by atoms with van der Waals surface area (Å²) in [4.78, 5) is 0. The van der Waals surface area contributed by atoms with Gasteiger partial charge in [-0.15, -0.1) is 19.0 Å². The Bertz CT molecular complexity index is 138. The summed E-state index contributed by atoms with van der Waals surface area (Å²) >= 11 is 0. The van der Waals surface area contributed by atoms with Gasteiger partial charge in [-0.2, -0.15) is 0 Å². The zero-order valence-electron chi connectivity index (χ0n) is 8.54. The lowest BCUT2D eigenvalue weighted by Crippen LogP contribution is -2.15. The Hall–Kier alpha value is -0.0900. The maximum Gasteiger partial charge on any atom is 0.0704 e. The first kappa shape index (κ1) is 13.9. The summed E-state index contributed by atoms with van der Waals surface area (Å²) in [5.74, 6) is 0.708. The van der Waals surface area contributed by atoms with Gasteiger partial charge in [0.15, 0.2) is 0 Å². The quantitative estimate of drug-likeness (QED) is 0.518. The molecule has 0 radical (unpaired) electrons. The van der Waals surface area contributed by atoms with E-state index in [9.17, 15) is 0 Å². The van der Waals surface area contributed by atoms with E-state index in [0.717, 1.165) is 19.7 Å². The molecule has 3 nitrogen and oxygen atoms in total. The van der Waals surface area contributed by atoms with Gasteiger partial charge in [-0.3, -0.25) is 0 Å². The van der Waals surface area contributed by atoms with Crippen molar-refractivity contribution in [3.63, 3.8) is 0 Å². The van der Waals surface area contributed by atoms with Crippen LogP contribution in [-0.2, 0) is 9.47 Å². The fourth-order valence-corrected chi connectivity index (χ4v) is 1.39. The predicted octanol–water partition coefficient (Wildman–Crippen LogP) is 1.24. The van der Waals surface area contributed by atoms with E-state index in [1.807, 2.05) is 0 Å². The molecule has 14 heavy (non-hydrogen) atoms. The van der Waals surface area contributed by atoms with Gasteiger partial charge in [0.05, 0.1) is 26.4 Å². The largest absolute Gasteiger partial charge is 0.379 e. The van der Waals surface area contributed by atoms with Gasteiger partial charge >= 0.3 is 0 Å². The molecule has 0 aromatic carbocycles. The number of nitrogens with one attached hydrogen (secondary N) is 1. The van der Waals surface area contributed by atoms with E-state index >= 15 is 0 Å². The molecule has 1 aliphatic heterocycles. The highest BCUT2D eigenvalue weighted by Gasteiger charge is 2.13. The number of hydrogen-bond acceptors (Lipinski definition) is 3. The number of halogens is 1. The fraction of sp³-hybridized carbons (Fsp3) is 0.800. The van der Waals surface area contributed by atoms with Crippen molar-refractivity contribution in [3.8, 4) is 0 Å². The third-order valence-electron chi connectivity index (χ3n) is 2.12. The second kappa shape index (κ2) is 9.46. The number of hydrogen-bond donors (Lipinski definition) is 1. The fourth-order valence-electron chi connectivity index (χ4n) is 1.39. The highest BCUT2D eigenvalue weighted by molar-refractivity contribution is 5.85. The minimum absolute atomic E-state index is 0. The molecular weight excluding hydrogens is 202 g/mol. The summed E-state index contributed by atoms with van der Waals surface area (Å²) in [7, 11) is 0. The summed E-state index contributed by atoms with van der Waals surface area (Å²) in [6, 6.07) is 0. The van der Waals surface area contributed by atoms with Gasteiger partial charge in [-0.05, 0) is 18.9 Å². The van der Waals surface area contributed by atoms with Gasteiger partial charge in [0.1, 0.15) is 0 Å². The highest BCUT2D eigenvalue weighted by atomic mass is 35.5. The van der Waals surface area contributed by atoms with E-state index in [1.54, 1.807) is 6.08 Å². The molecule has 0 amide bonds. The summed E-state index contributed by atoms with van der Waals surface area (Å²) in [6.07, 6.45) is 2.99. The van der Waals surface area contributed by atoms with Crippen molar-refractivity contribution in [2.45, 2.75) is 6.42 Å². The Morgan fingerprint density at radius 2 is 2.14 bits per heavy atom. The molecule has 0 bridgehead atoms. The van der Waals surface area contributed by atoms with Crippen molar-refractivity contribution in [2.24, 2.45) is 5.92 Å². The van der Waals surface area contributed by atoms with Crippen LogP contribution in [0.25, 0.3) is 0 Å². The number of ether oxygens (including phenoxy) is 2. The van der Waals surface area contributed by atoms with Gasteiger partial charge < -0.3 is 14.8 Å². The zero-order chi connectivity index (χ0) is 9.36. The van der Waals surface area contributed by atoms with Gasteiger partial charge in [0, 0.05) is 6.54 Å². The topological polar surface area (TPSA) is 30.5 Å². The van der Waals surface area contributed by atoms with Crippen LogP contribution in [0.4, 0.5) is 0 Å². The van der Waals surface area contributed by atoms with Crippen LogP contribution in [0.2, 0.25) is 0 Å². The second-order valence-corrected chi connectivity index (χ2v) is 3.30. The van der Waals surface area contributed by atoms with Crippen molar-refractivity contribution in [3.05, 3.63) is 12.7 Å². The average molecular weight is 222 g/mol. The van der Waals surface area contributed by atoms with Crippen molar-refractivity contribution in [2.75, 3.05) is 39.5 Å². The van der Waals surface area contributed by atoms with Crippen molar-refractivity contribution < 1.29 is 9.47 Å². The lowest BCUT2D eigenvalue weighted by molar-refractivity contribution is 0.0447. The molecule has 0 aromatic heterocycles. The lowest BCUT2D eigenvalue weighted by Gasteiger charge is -2.08. The molecule has 4 heteroatoms. The Morgan fingerprint density at radius 3 is 2.79 bits per heavy atom. The zero-order valence-corrected chi connectivity index (χ0v) is 9.35. The van der Waals surface area contributed by atoms with Crippen LogP contribution in [0, 0.1) is 5.92 Å². The standard InChI is InChI=1S/C10H19NO2.ClH/c1-2-5-12-6-7-13-9-10-3-4-11-8-10;/h2,10-11H,1,3-9H2;1H. The summed E-state index contributed by atoms with van der Waals surface area (Å²) in [5.41, 5.74) is 0. The summed E-state index contributed by atoms with van der Waals surface area (Å²) in [6.45, 7) is 8.67. The molecule has 1 unspecified atom stereocenters. The van der Waals surface area contributed by atoms with Crippen LogP contribution in [0.15, 0.2) is 12.7 Å². The van der Waals surface area contributed by atoms with Crippen LogP contribution in [0.5, 0.6) is 0 Å². The van der Waals surface area contributed by atoms with E-state index < -0.39 is 0 Å². The Labute approximate surface area is 92.3 Å². The van der Waals surface area contributed by atoms with Gasteiger partial charge in [-0.1, -0.05) is 6.08 Å². The van der Waals surface area contributed by atoms with Crippen molar-refractivity contribution >= 4 is 12.4 Å². The lowest BCUT2D eigenvalue weighted by atomic mass is 10.1. The maximum atomic E-state index is 5.46. The predicted molar refractivity (Wildman–Crippen MR) is 60.1 cm³/mol. The molecule has 84 valence electrons. The Kier molecular flexibility index (Phi) is 9.40. The maximum absolute atomic E-state index is 5.46. The first-order chi connectivity index (χ1) is 6.43. The Balaban J connectivity index is 0.00000169. The van der Waals surface area contributed by atoms with Gasteiger partial charge in [-0.25, -0.2) is 0 Å². The third-order valence-corrected chi connectivity index (χ3v) is 2.12. The van der Waals surface area contributed by atoms with Crippen LogP contribution in [0.3, 0.4) is 0 Å². The molecule has 1 aliphatic rings. The van der Waals surface area contributed by atoms with Crippen molar-refractivity contribution in [1.29, 1.82) is 0 Å². The molecule has 1 N–H and O–H groups in total. The first-order valence-corrected chi connectivity index (χ1v) is 4.90. The van der Waals surface area contributed by atoms with E-state index in [2.05, 4.69) is 11.9 Å². The minimum Gasteiger partial charge on any atom is -0.379 e. The normalized spacial score (nSPS) is 20.4. The molecule has 1 saturated heterocycles. The highest BCUT2D eigenvalue weighted by Crippen LogP contribution is 2.06. The van der Waals surface area contributed by atoms with Gasteiger partial charge in [0.25, 0.3) is 0 Å². The summed E-state index contributed by atoms with van der Waals surface area (Å²) < 4.78 is 10.7. The molecule has 0 saturated carbocycles. The van der Waals surface area contributed by atoms with Crippen LogP contribution in [-0.4, -0.2) is 39.5 Å². The molecule has 1 heterocycles. The Morgan fingerprint density at radius 1 is 1.36 bits per heavy atom. The SMILES string of the molecule is C=CCOCCOCC1CCNC1.Cl. The monoisotopic (exact) mass is 221 g/mol. The van der Waals surface area contributed by atoms with E-state index in [1.165, 1.54) is 6.42 Å². The molecule has 1 atom stereocenters.